The molecule has 1 saturated carbocycles. The molecule has 1 aromatic carbocycles. The molecule has 1 fully saturated rings. The predicted octanol–water partition coefficient (Wildman–Crippen LogP) is 4.47. The third-order valence-corrected chi connectivity index (χ3v) is 5.66. The Hall–Kier alpha value is -2.53. The third kappa shape index (κ3) is 3.99. The number of thiazole rings is 1. The van der Waals surface area contributed by atoms with Gasteiger partial charge in [-0.3, -0.25) is 9.78 Å². The Morgan fingerprint density at radius 3 is 2.50 bits per heavy atom. The molecule has 132 valence electrons. The normalized spacial score (nSPS) is 14.5. The van der Waals surface area contributed by atoms with Crippen LogP contribution in [0.4, 0.5) is 0 Å². The first-order chi connectivity index (χ1) is 12.8. The minimum absolute atomic E-state index is 0.123. The molecule has 0 saturated heterocycles. The lowest BCUT2D eigenvalue weighted by Gasteiger charge is -2.11. The standard InChI is InChI=1S/C21H21N3OS/c25-20(23-18-3-1-2-4-18)13-15-5-7-16(8-6-15)19-14-26-21(24-19)17-9-11-22-12-10-17/h5-12,14,18H,1-4,13H2,(H,23,25). The fourth-order valence-electron chi connectivity index (χ4n) is 3.36. The molecule has 1 amide bonds. The second kappa shape index (κ2) is 7.79. The summed E-state index contributed by atoms with van der Waals surface area (Å²) in [7, 11) is 0. The second-order valence-corrected chi connectivity index (χ2v) is 7.55. The van der Waals surface area contributed by atoms with Crippen molar-refractivity contribution in [3.8, 4) is 21.8 Å². The molecule has 0 spiro atoms. The van der Waals surface area contributed by atoms with E-state index in [4.69, 9.17) is 4.98 Å². The number of hydrogen-bond donors (Lipinski definition) is 1. The molecular weight excluding hydrogens is 342 g/mol. The van der Waals surface area contributed by atoms with E-state index in [9.17, 15) is 4.79 Å². The molecule has 0 unspecified atom stereocenters. The van der Waals surface area contributed by atoms with Gasteiger partial charge in [-0.25, -0.2) is 4.98 Å². The van der Waals surface area contributed by atoms with E-state index in [1.54, 1.807) is 23.7 Å². The van der Waals surface area contributed by atoms with Gasteiger partial charge in [-0.05, 0) is 30.5 Å². The van der Waals surface area contributed by atoms with Crippen LogP contribution in [0.5, 0.6) is 0 Å². The Bertz CT molecular complexity index is 868. The van der Waals surface area contributed by atoms with E-state index in [0.717, 1.165) is 40.2 Å². The minimum atomic E-state index is 0.123. The van der Waals surface area contributed by atoms with E-state index in [1.807, 2.05) is 36.4 Å². The van der Waals surface area contributed by atoms with Crippen molar-refractivity contribution in [2.24, 2.45) is 0 Å². The highest BCUT2D eigenvalue weighted by atomic mass is 32.1. The van der Waals surface area contributed by atoms with Gasteiger partial charge >= 0.3 is 0 Å². The summed E-state index contributed by atoms with van der Waals surface area (Å²) < 4.78 is 0. The second-order valence-electron chi connectivity index (χ2n) is 6.70. The van der Waals surface area contributed by atoms with Gasteiger partial charge in [0, 0.05) is 34.9 Å². The number of carbonyl (C=O) groups excluding carboxylic acids is 1. The molecule has 0 radical (unpaired) electrons. The largest absolute Gasteiger partial charge is 0.353 e. The average molecular weight is 363 g/mol. The molecule has 1 aliphatic carbocycles. The fourth-order valence-corrected chi connectivity index (χ4v) is 4.20. The molecule has 0 aliphatic heterocycles. The van der Waals surface area contributed by atoms with Crippen molar-refractivity contribution in [1.82, 2.24) is 15.3 Å². The molecule has 3 aromatic rings. The van der Waals surface area contributed by atoms with Crippen LogP contribution in [-0.2, 0) is 11.2 Å². The van der Waals surface area contributed by atoms with Crippen LogP contribution in [0.2, 0.25) is 0 Å². The summed E-state index contributed by atoms with van der Waals surface area (Å²) in [6, 6.07) is 12.4. The van der Waals surface area contributed by atoms with E-state index in [0.29, 0.717) is 12.5 Å². The molecule has 5 heteroatoms. The molecule has 4 nitrogen and oxygen atoms in total. The average Bonchev–Trinajstić information content (AvgIpc) is 3.35. The number of carbonyl (C=O) groups is 1. The molecule has 4 rings (SSSR count). The predicted molar refractivity (Wildman–Crippen MR) is 105 cm³/mol. The summed E-state index contributed by atoms with van der Waals surface area (Å²) in [5, 5.41) is 6.20. The van der Waals surface area contributed by atoms with Crippen molar-refractivity contribution in [3.05, 3.63) is 59.7 Å². The molecule has 2 heterocycles. The number of pyridine rings is 1. The highest BCUT2D eigenvalue weighted by molar-refractivity contribution is 7.13. The topological polar surface area (TPSA) is 54.9 Å². The molecule has 1 N–H and O–H groups in total. The maximum atomic E-state index is 12.2. The van der Waals surface area contributed by atoms with Gasteiger partial charge in [0.15, 0.2) is 0 Å². The lowest BCUT2D eigenvalue weighted by Crippen LogP contribution is -2.33. The van der Waals surface area contributed by atoms with Gasteiger partial charge in [0.05, 0.1) is 12.1 Å². The van der Waals surface area contributed by atoms with E-state index < -0.39 is 0 Å². The molecular formula is C21H21N3OS. The molecule has 2 aromatic heterocycles. The first kappa shape index (κ1) is 16.9. The molecule has 26 heavy (non-hydrogen) atoms. The van der Waals surface area contributed by atoms with Gasteiger partial charge in [-0.15, -0.1) is 11.3 Å². The van der Waals surface area contributed by atoms with Crippen molar-refractivity contribution in [3.63, 3.8) is 0 Å². The third-order valence-electron chi connectivity index (χ3n) is 4.77. The zero-order valence-corrected chi connectivity index (χ0v) is 15.3. The van der Waals surface area contributed by atoms with Crippen molar-refractivity contribution in [2.75, 3.05) is 0 Å². The highest BCUT2D eigenvalue weighted by Gasteiger charge is 2.17. The van der Waals surface area contributed by atoms with E-state index in [2.05, 4.69) is 15.7 Å². The number of nitrogens with one attached hydrogen (secondary N) is 1. The maximum Gasteiger partial charge on any atom is 0.224 e. The molecule has 0 bridgehead atoms. The van der Waals surface area contributed by atoms with Gasteiger partial charge in [0.2, 0.25) is 5.91 Å². The quantitative estimate of drug-likeness (QED) is 0.727. The van der Waals surface area contributed by atoms with Crippen LogP contribution in [-0.4, -0.2) is 21.9 Å². The van der Waals surface area contributed by atoms with Crippen molar-refractivity contribution < 1.29 is 4.79 Å². The SMILES string of the molecule is O=C(Cc1ccc(-c2csc(-c3ccncc3)n2)cc1)NC1CCCC1. The van der Waals surface area contributed by atoms with Gasteiger partial charge in [-0.2, -0.15) is 0 Å². The van der Waals surface area contributed by atoms with Crippen LogP contribution in [0.25, 0.3) is 21.8 Å². The first-order valence-electron chi connectivity index (χ1n) is 9.02. The number of amides is 1. The number of hydrogen-bond acceptors (Lipinski definition) is 4. The number of aromatic nitrogens is 2. The summed E-state index contributed by atoms with van der Waals surface area (Å²) in [6.45, 7) is 0. The van der Waals surface area contributed by atoms with E-state index >= 15 is 0 Å². The number of benzene rings is 1. The Kier molecular flexibility index (Phi) is 5.07. The summed E-state index contributed by atoms with van der Waals surface area (Å²) in [5.41, 5.74) is 4.15. The van der Waals surface area contributed by atoms with Crippen LogP contribution in [0.1, 0.15) is 31.2 Å². The lowest BCUT2D eigenvalue weighted by atomic mass is 10.1. The monoisotopic (exact) mass is 363 g/mol. The van der Waals surface area contributed by atoms with Crippen LogP contribution in [0.15, 0.2) is 54.2 Å². The Morgan fingerprint density at radius 1 is 1.04 bits per heavy atom. The van der Waals surface area contributed by atoms with Crippen LogP contribution < -0.4 is 5.32 Å². The first-order valence-corrected chi connectivity index (χ1v) is 9.90. The van der Waals surface area contributed by atoms with Gasteiger partial charge in [-0.1, -0.05) is 37.1 Å². The zero-order valence-electron chi connectivity index (χ0n) is 14.5. The fraction of sp³-hybridized carbons (Fsp3) is 0.286. The Balaban J connectivity index is 1.41. The number of rotatable bonds is 5. The van der Waals surface area contributed by atoms with Gasteiger partial charge in [0.1, 0.15) is 5.01 Å². The smallest absolute Gasteiger partial charge is 0.224 e. The van der Waals surface area contributed by atoms with Crippen LogP contribution in [0.3, 0.4) is 0 Å². The van der Waals surface area contributed by atoms with E-state index in [-0.39, 0.29) is 5.91 Å². The summed E-state index contributed by atoms with van der Waals surface area (Å²) in [4.78, 5) is 20.9. The molecule has 1 aliphatic rings. The number of nitrogens with zero attached hydrogens (tertiary/aromatic N) is 2. The molecule has 0 atom stereocenters. The Labute approximate surface area is 157 Å². The van der Waals surface area contributed by atoms with Crippen LogP contribution >= 0.6 is 11.3 Å². The van der Waals surface area contributed by atoms with Crippen LogP contribution in [0, 0.1) is 0 Å². The summed E-state index contributed by atoms with van der Waals surface area (Å²) in [6.07, 6.45) is 8.70. The van der Waals surface area contributed by atoms with Crippen molar-refractivity contribution in [1.29, 1.82) is 0 Å². The van der Waals surface area contributed by atoms with Crippen molar-refractivity contribution >= 4 is 17.2 Å². The minimum Gasteiger partial charge on any atom is -0.353 e. The lowest BCUT2D eigenvalue weighted by molar-refractivity contribution is -0.121. The summed E-state index contributed by atoms with van der Waals surface area (Å²) >= 11 is 1.63. The zero-order chi connectivity index (χ0) is 17.8. The van der Waals surface area contributed by atoms with Gasteiger partial charge < -0.3 is 5.32 Å². The van der Waals surface area contributed by atoms with Gasteiger partial charge in [0.25, 0.3) is 0 Å². The van der Waals surface area contributed by atoms with E-state index in [1.165, 1.54) is 12.8 Å². The van der Waals surface area contributed by atoms with Crippen molar-refractivity contribution in [2.45, 2.75) is 38.1 Å². The summed E-state index contributed by atoms with van der Waals surface area (Å²) in [5.74, 6) is 0.123. The Morgan fingerprint density at radius 2 is 1.77 bits per heavy atom. The maximum absolute atomic E-state index is 12.2. The highest BCUT2D eigenvalue weighted by Crippen LogP contribution is 2.28.